The molecule has 0 saturated carbocycles. The van der Waals surface area contributed by atoms with Gasteiger partial charge in [0.05, 0.1) is 5.69 Å². The molecule has 0 aliphatic rings. The number of alkyl halides is 5. The van der Waals surface area contributed by atoms with Gasteiger partial charge in [0.25, 0.3) is 11.5 Å². The first-order chi connectivity index (χ1) is 8.54. The van der Waals surface area contributed by atoms with E-state index in [4.69, 9.17) is 5.73 Å². The molecule has 0 bridgehead atoms. The summed E-state index contributed by atoms with van der Waals surface area (Å²) in [6.45, 7) is 0.927. The van der Waals surface area contributed by atoms with Gasteiger partial charge >= 0.3 is 11.3 Å². The zero-order valence-electron chi connectivity index (χ0n) is 9.59. The minimum absolute atomic E-state index is 0.330. The molecule has 19 heavy (non-hydrogen) atoms. The van der Waals surface area contributed by atoms with Crippen LogP contribution < -0.4 is 11.3 Å². The number of aromatic nitrogens is 1. The first kappa shape index (κ1) is 15.5. The van der Waals surface area contributed by atoms with Gasteiger partial charge in [-0.1, -0.05) is 0 Å². The van der Waals surface area contributed by atoms with Crippen molar-refractivity contribution < 1.29 is 22.4 Å². The molecule has 1 heterocycles. The SMILES string of the molecule is CCn1c(C(F)(F)C(F)(F)Cl)ccc(C(N)=O)c1=O. The fourth-order valence-electron chi connectivity index (χ4n) is 1.50. The van der Waals surface area contributed by atoms with Crippen LogP contribution >= 0.6 is 11.6 Å². The highest BCUT2D eigenvalue weighted by Gasteiger charge is 2.58. The molecule has 1 aromatic rings. The van der Waals surface area contributed by atoms with Gasteiger partial charge in [-0.05, 0) is 30.7 Å². The average Bonchev–Trinajstić information content (AvgIpc) is 2.26. The predicted octanol–water partition coefficient (Wildman–Crippen LogP) is 1.89. The lowest BCUT2D eigenvalue weighted by molar-refractivity contribution is -0.168. The van der Waals surface area contributed by atoms with Gasteiger partial charge in [-0.25, -0.2) is 0 Å². The molecule has 1 amide bonds. The van der Waals surface area contributed by atoms with Crippen molar-refractivity contribution in [2.24, 2.45) is 5.73 Å². The molecule has 1 aromatic heterocycles. The third kappa shape index (κ3) is 2.58. The Morgan fingerprint density at radius 1 is 1.37 bits per heavy atom. The Kier molecular flexibility index (Phi) is 3.94. The molecule has 2 N–H and O–H groups in total. The predicted molar refractivity (Wildman–Crippen MR) is 59.6 cm³/mol. The first-order valence-electron chi connectivity index (χ1n) is 5.02. The zero-order valence-corrected chi connectivity index (χ0v) is 10.3. The van der Waals surface area contributed by atoms with Crippen LogP contribution in [0.4, 0.5) is 17.6 Å². The summed E-state index contributed by atoms with van der Waals surface area (Å²) in [5, 5.41) is -4.87. The fourth-order valence-corrected chi connectivity index (χ4v) is 1.60. The molecule has 106 valence electrons. The maximum Gasteiger partial charge on any atom is 0.390 e. The van der Waals surface area contributed by atoms with Crippen LogP contribution in [0, 0.1) is 0 Å². The summed E-state index contributed by atoms with van der Waals surface area (Å²) >= 11 is 4.35. The van der Waals surface area contributed by atoms with E-state index in [0.29, 0.717) is 16.7 Å². The van der Waals surface area contributed by atoms with Crippen molar-refractivity contribution in [3.8, 4) is 0 Å². The van der Waals surface area contributed by atoms with Crippen LogP contribution in [0.3, 0.4) is 0 Å². The molecule has 0 atom stereocenters. The quantitative estimate of drug-likeness (QED) is 0.681. The van der Waals surface area contributed by atoms with Gasteiger partial charge in [0.2, 0.25) is 0 Å². The monoisotopic (exact) mass is 300 g/mol. The second-order valence-corrected chi connectivity index (χ2v) is 4.09. The van der Waals surface area contributed by atoms with Crippen LogP contribution in [0.15, 0.2) is 16.9 Å². The van der Waals surface area contributed by atoms with Crippen molar-refractivity contribution in [1.29, 1.82) is 0 Å². The van der Waals surface area contributed by atoms with Crippen molar-refractivity contribution >= 4 is 17.5 Å². The van der Waals surface area contributed by atoms with Gasteiger partial charge in [-0.15, -0.1) is 0 Å². The molecule has 4 nitrogen and oxygen atoms in total. The summed E-state index contributed by atoms with van der Waals surface area (Å²) in [5.41, 5.74) is 1.84. The maximum absolute atomic E-state index is 13.5. The van der Waals surface area contributed by atoms with Gasteiger partial charge in [0, 0.05) is 6.54 Å². The van der Waals surface area contributed by atoms with E-state index < -0.39 is 34.0 Å². The zero-order chi connectivity index (χ0) is 15.0. The topological polar surface area (TPSA) is 65.1 Å². The Balaban J connectivity index is 3.61. The van der Waals surface area contributed by atoms with Crippen molar-refractivity contribution in [2.75, 3.05) is 0 Å². The molecule has 0 aromatic carbocycles. The van der Waals surface area contributed by atoms with Gasteiger partial charge in [0.1, 0.15) is 5.56 Å². The molecule has 0 spiro atoms. The van der Waals surface area contributed by atoms with Crippen molar-refractivity contribution in [3.63, 3.8) is 0 Å². The Bertz CT molecular complexity index is 566. The number of primary amides is 1. The molecular weight excluding hydrogens is 292 g/mol. The van der Waals surface area contributed by atoms with E-state index in [-0.39, 0.29) is 6.54 Å². The maximum atomic E-state index is 13.5. The number of hydrogen-bond donors (Lipinski definition) is 1. The van der Waals surface area contributed by atoms with E-state index >= 15 is 0 Å². The number of pyridine rings is 1. The molecule has 0 unspecified atom stereocenters. The summed E-state index contributed by atoms with van der Waals surface area (Å²) < 4.78 is 52.7. The Hall–Kier alpha value is -1.57. The van der Waals surface area contributed by atoms with Gasteiger partial charge in [-0.2, -0.15) is 17.6 Å². The lowest BCUT2D eigenvalue weighted by Gasteiger charge is -2.24. The van der Waals surface area contributed by atoms with Crippen LogP contribution in [0.25, 0.3) is 0 Å². The third-order valence-electron chi connectivity index (χ3n) is 2.43. The molecule has 0 fully saturated rings. The van der Waals surface area contributed by atoms with E-state index in [0.717, 1.165) is 0 Å². The molecule has 0 saturated heterocycles. The number of hydrogen-bond acceptors (Lipinski definition) is 2. The van der Waals surface area contributed by atoms with E-state index in [1.54, 1.807) is 0 Å². The molecule has 1 rings (SSSR count). The van der Waals surface area contributed by atoms with E-state index in [9.17, 15) is 27.2 Å². The minimum Gasteiger partial charge on any atom is -0.365 e. The normalized spacial score (nSPS) is 12.5. The lowest BCUT2D eigenvalue weighted by atomic mass is 10.1. The van der Waals surface area contributed by atoms with Gasteiger partial charge < -0.3 is 10.3 Å². The third-order valence-corrected chi connectivity index (χ3v) is 2.67. The van der Waals surface area contributed by atoms with Crippen molar-refractivity contribution in [3.05, 3.63) is 33.7 Å². The number of nitrogens with two attached hydrogens (primary N) is 1. The van der Waals surface area contributed by atoms with Crippen LogP contribution in [0.2, 0.25) is 0 Å². The first-order valence-corrected chi connectivity index (χ1v) is 5.40. The highest BCUT2D eigenvalue weighted by Crippen LogP contribution is 2.45. The molecule has 0 radical (unpaired) electrons. The number of carbonyl (C=O) groups excluding carboxylic acids is 1. The largest absolute Gasteiger partial charge is 0.390 e. The van der Waals surface area contributed by atoms with Crippen molar-refractivity contribution in [1.82, 2.24) is 4.57 Å². The smallest absolute Gasteiger partial charge is 0.365 e. The van der Waals surface area contributed by atoms with E-state index in [2.05, 4.69) is 11.6 Å². The number of rotatable bonds is 4. The van der Waals surface area contributed by atoms with E-state index in [1.165, 1.54) is 6.92 Å². The summed E-state index contributed by atoms with van der Waals surface area (Å²) in [4.78, 5) is 22.6. The number of nitrogens with zero attached hydrogens (tertiary/aromatic N) is 1. The highest BCUT2D eigenvalue weighted by atomic mass is 35.5. The van der Waals surface area contributed by atoms with Crippen LogP contribution in [0.5, 0.6) is 0 Å². The molecular formula is C10H9ClF4N2O2. The van der Waals surface area contributed by atoms with Gasteiger partial charge in [0.15, 0.2) is 0 Å². The summed E-state index contributed by atoms with van der Waals surface area (Å²) in [7, 11) is 0. The second-order valence-electron chi connectivity index (χ2n) is 3.62. The second kappa shape index (κ2) is 4.84. The standard InChI is InChI=1S/C10H9ClF4N2O2/c1-2-17-6(9(12,13)10(11,14)15)4-3-5(7(16)18)8(17)19/h3-4H,2H2,1H3,(H2,16,18). The average molecular weight is 301 g/mol. The molecule has 9 heteroatoms. The van der Waals surface area contributed by atoms with Crippen LogP contribution in [-0.4, -0.2) is 15.9 Å². The molecule has 0 aliphatic heterocycles. The summed E-state index contributed by atoms with van der Waals surface area (Å²) in [6, 6.07) is 1.20. The summed E-state index contributed by atoms with van der Waals surface area (Å²) in [5.74, 6) is -5.90. The Morgan fingerprint density at radius 2 is 1.89 bits per heavy atom. The van der Waals surface area contributed by atoms with Gasteiger partial charge in [-0.3, -0.25) is 9.59 Å². The number of halogens is 5. The van der Waals surface area contributed by atoms with E-state index in [1.807, 2.05) is 0 Å². The number of carbonyl (C=O) groups is 1. The number of amides is 1. The minimum atomic E-state index is -4.87. The van der Waals surface area contributed by atoms with Crippen LogP contribution in [0.1, 0.15) is 23.0 Å². The van der Waals surface area contributed by atoms with Crippen molar-refractivity contribution in [2.45, 2.75) is 24.8 Å². The fraction of sp³-hybridized carbons (Fsp3) is 0.400. The van der Waals surface area contributed by atoms with Crippen LogP contribution in [-0.2, 0) is 12.5 Å². The molecule has 0 aliphatic carbocycles. The Labute approximate surface area is 109 Å². The lowest BCUT2D eigenvalue weighted by Crippen LogP contribution is -2.40. The highest BCUT2D eigenvalue weighted by molar-refractivity contribution is 6.22. The summed E-state index contributed by atoms with van der Waals surface area (Å²) in [6.07, 6.45) is 0. The Morgan fingerprint density at radius 3 is 2.26 bits per heavy atom.